The van der Waals surface area contributed by atoms with Crippen LogP contribution in [0.1, 0.15) is 11.3 Å². The summed E-state index contributed by atoms with van der Waals surface area (Å²) < 4.78 is 0. The number of rotatable bonds is 4. The molecule has 4 nitrogen and oxygen atoms in total. The zero-order valence-corrected chi connectivity index (χ0v) is 9.54. The highest BCUT2D eigenvalue weighted by molar-refractivity contribution is 8.00. The highest BCUT2D eigenvalue weighted by atomic mass is 32.2. The number of aryl methyl sites for hydroxylation is 2. The number of carboxylic acids is 1. The number of carbonyl (C=O) groups is 1. The van der Waals surface area contributed by atoms with Crippen LogP contribution in [0.15, 0.2) is 17.2 Å². The lowest BCUT2D eigenvalue weighted by Crippen LogP contribution is -2.26. The van der Waals surface area contributed by atoms with Crippen molar-refractivity contribution in [2.75, 3.05) is 6.54 Å². The Hall–Kier alpha value is -1.07. The topological polar surface area (TPSA) is 76.2 Å². The Labute approximate surface area is 92.9 Å². The summed E-state index contributed by atoms with van der Waals surface area (Å²) in [4.78, 5) is 15.0. The van der Waals surface area contributed by atoms with E-state index in [-0.39, 0.29) is 6.54 Å². The summed E-state index contributed by atoms with van der Waals surface area (Å²) in [6, 6.07) is 3.81. The first-order valence-electron chi connectivity index (χ1n) is 4.57. The maximum atomic E-state index is 10.8. The molecule has 1 aromatic heterocycles. The van der Waals surface area contributed by atoms with Crippen LogP contribution in [0.4, 0.5) is 0 Å². The normalized spacial score (nSPS) is 12.5. The zero-order chi connectivity index (χ0) is 11.4. The van der Waals surface area contributed by atoms with Crippen molar-refractivity contribution in [2.24, 2.45) is 5.73 Å². The molecule has 82 valence electrons. The van der Waals surface area contributed by atoms with Gasteiger partial charge in [0.1, 0.15) is 5.25 Å². The fourth-order valence-corrected chi connectivity index (χ4v) is 2.15. The minimum atomic E-state index is -0.900. The molecule has 0 amide bonds. The predicted molar refractivity (Wildman–Crippen MR) is 60.0 cm³/mol. The van der Waals surface area contributed by atoms with Crippen molar-refractivity contribution in [3.63, 3.8) is 0 Å². The van der Waals surface area contributed by atoms with Crippen LogP contribution in [-0.2, 0) is 4.79 Å². The number of hydrogen-bond donors (Lipinski definition) is 2. The minimum Gasteiger partial charge on any atom is -0.480 e. The van der Waals surface area contributed by atoms with Crippen molar-refractivity contribution < 1.29 is 9.90 Å². The fraction of sp³-hybridized carbons (Fsp3) is 0.400. The van der Waals surface area contributed by atoms with Crippen LogP contribution in [0.25, 0.3) is 0 Å². The summed E-state index contributed by atoms with van der Waals surface area (Å²) in [6.45, 7) is 3.95. The number of nitrogens with zero attached hydrogens (tertiary/aromatic N) is 1. The second-order valence-electron chi connectivity index (χ2n) is 3.30. The van der Waals surface area contributed by atoms with E-state index in [2.05, 4.69) is 4.98 Å². The van der Waals surface area contributed by atoms with E-state index in [0.29, 0.717) is 5.03 Å². The molecule has 1 heterocycles. The van der Waals surface area contributed by atoms with Gasteiger partial charge in [0, 0.05) is 12.2 Å². The van der Waals surface area contributed by atoms with E-state index in [9.17, 15) is 4.79 Å². The molecule has 0 aliphatic heterocycles. The van der Waals surface area contributed by atoms with Crippen molar-refractivity contribution in [1.29, 1.82) is 0 Å². The lowest BCUT2D eigenvalue weighted by Gasteiger charge is -2.09. The van der Waals surface area contributed by atoms with Crippen LogP contribution in [0, 0.1) is 13.8 Å². The summed E-state index contributed by atoms with van der Waals surface area (Å²) in [5.41, 5.74) is 7.33. The fourth-order valence-electron chi connectivity index (χ4n) is 1.21. The first kappa shape index (κ1) is 12.0. The Bertz CT molecular complexity index is 348. The smallest absolute Gasteiger partial charge is 0.318 e. The van der Waals surface area contributed by atoms with Gasteiger partial charge in [0.05, 0.1) is 5.03 Å². The van der Waals surface area contributed by atoms with E-state index in [1.807, 2.05) is 26.0 Å². The van der Waals surface area contributed by atoms with Crippen molar-refractivity contribution in [2.45, 2.75) is 24.1 Å². The third kappa shape index (κ3) is 3.53. The van der Waals surface area contributed by atoms with Gasteiger partial charge < -0.3 is 10.8 Å². The van der Waals surface area contributed by atoms with Gasteiger partial charge in [-0.05, 0) is 31.5 Å². The first-order chi connectivity index (χ1) is 7.02. The third-order valence-electron chi connectivity index (χ3n) is 1.83. The van der Waals surface area contributed by atoms with Gasteiger partial charge in [0.25, 0.3) is 0 Å². The highest BCUT2D eigenvalue weighted by Gasteiger charge is 2.17. The van der Waals surface area contributed by atoms with Crippen molar-refractivity contribution in [1.82, 2.24) is 4.98 Å². The Morgan fingerprint density at radius 1 is 1.60 bits per heavy atom. The van der Waals surface area contributed by atoms with Crippen LogP contribution in [0.2, 0.25) is 0 Å². The van der Waals surface area contributed by atoms with Gasteiger partial charge >= 0.3 is 5.97 Å². The molecule has 1 atom stereocenters. The minimum absolute atomic E-state index is 0.106. The number of pyridine rings is 1. The quantitative estimate of drug-likeness (QED) is 0.754. The van der Waals surface area contributed by atoms with Crippen LogP contribution in [0.5, 0.6) is 0 Å². The van der Waals surface area contributed by atoms with Gasteiger partial charge in [-0.3, -0.25) is 4.79 Å². The van der Waals surface area contributed by atoms with Gasteiger partial charge in [-0.2, -0.15) is 0 Å². The molecular weight excluding hydrogens is 212 g/mol. The first-order valence-corrected chi connectivity index (χ1v) is 5.45. The van der Waals surface area contributed by atoms with E-state index in [0.717, 1.165) is 11.3 Å². The average Bonchev–Trinajstić information content (AvgIpc) is 2.12. The summed E-state index contributed by atoms with van der Waals surface area (Å²) >= 11 is 1.19. The number of carboxylic acid groups (broad SMARTS) is 1. The maximum absolute atomic E-state index is 10.8. The molecule has 0 saturated carbocycles. The third-order valence-corrected chi connectivity index (χ3v) is 2.96. The Morgan fingerprint density at radius 2 is 2.27 bits per heavy atom. The summed E-state index contributed by atoms with van der Waals surface area (Å²) in [7, 11) is 0. The van der Waals surface area contributed by atoms with Crippen molar-refractivity contribution in [3.05, 3.63) is 23.4 Å². The summed E-state index contributed by atoms with van der Waals surface area (Å²) in [5, 5.41) is 8.93. The van der Waals surface area contributed by atoms with E-state index >= 15 is 0 Å². The molecular formula is C10H14N2O2S. The van der Waals surface area contributed by atoms with E-state index < -0.39 is 11.2 Å². The monoisotopic (exact) mass is 226 g/mol. The SMILES string of the molecule is Cc1cc(C)nc(SC(CN)C(=O)O)c1. The highest BCUT2D eigenvalue weighted by Crippen LogP contribution is 2.22. The van der Waals surface area contributed by atoms with E-state index in [4.69, 9.17) is 10.8 Å². The molecule has 5 heteroatoms. The van der Waals surface area contributed by atoms with Crippen LogP contribution in [-0.4, -0.2) is 27.9 Å². The van der Waals surface area contributed by atoms with E-state index in [1.54, 1.807) is 0 Å². The number of nitrogens with two attached hydrogens (primary N) is 1. The second kappa shape index (κ2) is 5.14. The summed E-state index contributed by atoms with van der Waals surface area (Å²) in [6.07, 6.45) is 0. The van der Waals surface area contributed by atoms with Gasteiger partial charge in [-0.1, -0.05) is 11.8 Å². The summed E-state index contributed by atoms with van der Waals surface area (Å²) in [5.74, 6) is -0.900. The average molecular weight is 226 g/mol. The molecule has 0 saturated heterocycles. The number of hydrogen-bond acceptors (Lipinski definition) is 4. The maximum Gasteiger partial charge on any atom is 0.318 e. The Balaban J connectivity index is 2.83. The molecule has 0 aromatic carbocycles. The molecule has 0 fully saturated rings. The molecule has 1 rings (SSSR count). The molecule has 1 unspecified atom stereocenters. The van der Waals surface area contributed by atoms with Gasteiger partial charge in [-0.25, -0.2) is 4.98 Å². The van der Waals surface area contributed by atoms with Crippen molar-refractivity contribution >= 4 is 17.7 Å². The van der Waals surface area contributed by atoms with Gasteiger partial charge in [0.15, 0.2) is 0 Å². The van der Waals surface area contributed by atoms with Crippen LogP contribution >= 0.6 is 11.8 Å². The molecule has 0 aliphatic carbocycles. The Morgan fingerprint density at radius 3 is 2.73 bits per heavy atom. The molecule has 1 aromatic rings. The second-order valence-corrected chi connectivity index (χ2v) is 4.53. The van der Waals surface area contributed by atoms with Gasteiger partial charge in [0.2, 0.25) is 0 Å². The van der Waals surface area contributed by atoms with Crippen LogP contribution in [0.3, 0.4) is 0 Å². The largest absolute Gasteiger partial charge is 0.480 e. The molecule has 0 aliphatic rings. The molecule has 0 spiro atoms. The number of aliphatic carboxylic acids is 1. The molecule has 15 heavy (non-hydrogen) atoms. The van der Waals surface area contributed by atoms with Crippen LogP contribution < -0.4 is 5.73 Å². The van der Waals surface area contributed by atoms with E-state index in [1.165, 1.54) is 11.8 Å². The lowest BCUT2D eigenvalue weighted by molar-refractivity contribution is -0.136. The zero-order valence-electron chi connectivity index (χ0n) is 8.73. The Kier molecular flexibility index (Phi) is 4.11. The predicted octanol–water partition coefficient (Wildman–Crippen LogP) is 1.20. The molecule has 3 N–H and O–H groups in total. The van der Waals surface area contributed by atoms with Gasteiger partial charge in [-0.15, -0.1) is 0 Å². The number of aromatic nitrogens is 1. The molecule has 0 radical (unpaired) electrons. The lowest BCUT2D eigenvalue weighted by atomic mass is 10.3. The van der Waals surface area contributed by atoms with Crippen molar-refractivity contribution in [3.8, 4) is 0 Å². The number of thioether (sulfide) groups is 1. The molecule has 0 bridgehead atoms. The standard InChI is InChI=1S/C10H14N2O2S/c1-6-3-7(2)12-9(4-6)15-8(5-11)10(13)14/h3-4,8H,5,11H2,1-2H3,(H,13,14).